The van der Waals surface area contributed by atoms with Gasteiger partial charge in [0.15, 0.2) is 0 Å². The van der Waals surface area contributed by atoms with Gasteiger partial charge >= 0.3 is 0 Å². The number of hydrogen-bond donors (Lipinski definition) is 1. The van der Waals surface area contributed by atoms with Gasteiger partial charge in [0, 0.05) is 24.4 Å². The standard InChI is InChI=1S/C15H20N4/c1-11-8-12(15(16)17-10-11)9-13-6-7-19(18-13)14-4-2-3-5-14/h6-8,10,14H,2-5,9H2,1H3,(H2,16,17). The van der Waals surface area contributed by atoms with Crippen molar-refractivity contribution < 1.29 is 0 Å². The van der Waals surface area contributed by atoms with Crippen LogP contribution in [0.15, 0.2) is 24.5 Å². The van der Waals surface area contributed by atoms with Crippen LogP contribution < -0.4 is 5.73 Å². The molecule has 0 unspecified atom stereocenters. The normalized spacial score (nSPS) is 16.1. The maximum Gasteiger partial charge on any atom is 0.126 e. The summed E-state index contributed by atoms with van der Waals surface area (Å²) in [7, 11) is 0. The predicted molar refractivity (Wildman–Crippen MR) is 75.9 cm³/mol. The number of pyridine rings is 1. The van der Waals surface area contributed by atoms with Crippen molar-refractivity contribution in [2.24, 2.45) is 0 Å². The van der Waals surface area contributed by atoms with Crippen LogP contribution in [0, 0.1) is 6.92 Å². The predicted octanol–water partition coefficient (Wildman–Crippen LogP) is 2.87. The van der Waals surface area contributed by atoms with E-state index < -0.39 is 0 Å². The van der Waals surface area contributed by atoms with Crippen LogP contribution in [0.4, 0.5) is 5.82 Å². The Morgan fingerprint density at radius 1 is 1.37 bits per heavy atom. The van der Waals surface area contributed by atoms with E-state index in [0.717, 1.165) is 23.2 Å². The topological polar surface area (TPSA) is 56.7 Å². The zero-order valence-corrected chi connectivity index (χ0v) is 11.3. The summed E-state index contributed by atoms with van der Waals surface area (Å²) >= 11 is 0. The number of anilines is 1. The zero-order valence-electron chi connectivity index (χ0n) is 11.3. The maximum absolute atomic E-state index is 5.92. The Kier molecular flexibility index (Phi) is 3.23. The average Bonchev–Trinajstić information content (AvgIpc) is 3.04. The first-order valence-electron chi connectivity index (χ1n) is 6.97. The fourth-order valence-corrected chi connectivity index (χ4v) is 2.82. The van der Waals surface area contributed by atoms with Gasteiger partial charge in [-0.3, -0.25) is 4.68 Å². The summed E-state index contributed by atoms with van der Waals surface area (Å²) in [6, 6.07) is 4.79. The van der Waals surface area contributed by atoms with Gasteiger partial charge in [-0.1, -0.05) is 18.9 Å². The number of aromatic nitrogens is 3. The summed E-state index contributed by atoms with van der Waals surface area (Å²) in [4.78, 5) is 4.20. The second kappa shape index (κ2) is 5.03. The van der Waals surface area contributed by atoms with Crippen molar-refractivity contribution in [2.45, 2.75) is 45.1 Å². The molecule has 0 aliphatic heterocycles. The van der Waals surface area contributed by atoms with Crippen molar-refractivity contribution >= 4 is 5.82 Å². The molecule has 2 aromatic heterocycles. The molecule has 0 bridgehead atoms. The van der Waals surface area contributed by atoms with Gasteiger partial charge in [-0.05, 0) is 31.4 Å². The van der Waals surface area contributed by atoms with Gasteiger partial charge in [-0.15, -0.1) is 0 Å². The number of nitrogens with zero attached hydrogens (tertiary/aromatic N) is 3. The van der Waals surface area contributed by atoms with E-state index in [0.29, 0.717) is 11.9 Å². The molecule has 19 heavy (non-hydrogen) atoms. The number of nitrogen functional groups attached to an aromatic ring is 1. The fourth-order valence-electron chi connectivity index (χ4n) is 2.82. The lowest BCUT2D eigenvalue weighted by Crippen LogP contribution is -2.06. The molecule has 3 rings (SSSR count). The Morgan fingerprint density at radius 3 is 2.95 bits per heavy atom. The Balaban J connectivity index is 1.77. The molecule has 1 fully saturated rings. The number of aryl methyl sites for hydroxylation is 1. The molecule has 0 radical (unpaired) electrons. The van der Waals surface area contributed by atoms with E-state index in [1.54, 1.807) is 6.20 Å². The Bertz CT molecular complexity index is 567. The summed E-state index contributed by atoms with van der Waals surface area (Å²) < 4.78 is 2.13. The molecule has 1 aliphatic carbocycles. The summed E-state index contributed by atoms with van der Waals surface area (Å²) in [6.07, 6.45) is 9.84. The SMILES string of the molecule is Cc1cnc(N)c(Cc2ccn(C3CCCC3)n2)c1. The molecule has 0 spiro atoms. The maximum atomic E-state index is 5.92. The van der Waals surface area contributed by atoms with Crippen molar-refractivity contribution in [1.29, 1.82) is 0 Å². The molecule has 4 heteroatoms. The summed E-state index contributed by atoms with van der Waals surface area (Å²) in [5, 5.41) is 4.69. The molecule has 2 N–H and O–H groups in total. The number of rotatable bonds is 3. The minimum Gasteiger partial charge on any atom is -0.383 e. The summed E-state index contributed by atoms with van der Waals surface area (Å²) in [5.41, 5.74) is 9.20. The van der Waals surface area contributed by atoms with Crippen LogP contribution in [0.25, 0.3) is 0 Å². The second-order valence-electron chi connectivity index (χ2n) is 5.46. The zero-order chi connectivity index (χ0) is 13.2. The highest BCUT2D eigenvalue weighted by molar-refractivity contribution is 5.42. The van der Waals surface area contributed by atoms with Gasteiger partial charge in [-0.2, -0.15) is 5.10 Å². The highest BCUT2D eigenvalue weighted by Gasteiger charge is 2.17. The molecular weight excluding hydrogens is 236 g/mol. The van der Waals surface area contributed by atoms with Crippen LogP contribution in [0.5, 0.6) is 0 Å². The molecule has 0 atom stereocenters. The van der Waals surface area contributed by atoms with Gasteiger partial charge in [0.1, 0.15) is 5.82 Å². The van der Waals surface area contributed by atoms with Crippen LogP contribution in [0.1, 0.15) is 48.5 Å². The van der Waals surface area contributed by atoms with E-state index in [4.69, 9.17) is 10.8 Å². The first-order chi connectivity index (χ1) is 9.22. The van der Waals surface area contributed by atoms with Gasteiger partial charge in [0.05, 0.1) is 11.7 Å². The smallest absolute Gasteiger partial charge is 0.126 e. The van der Waals surface area contributed by atoms with Gasteiger partial charge in [-0.25, -0.2) is 4.98 Å². The van der Waals surface area contributed by atoms with Gasteiger partial charge < -0.3 is 5.73 Å². The van der Waals surface area contributed by atoms with Crippen molar-refractivity contribution in [3.8, 4) is 0 Å². The highest BCUT2D eigenvalue weighted by Crippen LogP contribution is 2.29. The van der Waals surface area contributed by atoms with Crippen molar-refractivity contribution in [3.63, 3.8) is 0 Å². The molecule has 2 aromatic rings. The molecule has 4 nitrogen and oxygen atoms in total. The Labute approximate surface area is 113 Å². The minimum absolute atomic E-state index is 0.599. The van der Waals surface area contributed by atoms with E-state index in [1.807, 2.05) is 6.92 Å². The third kappa shape index (κ3) is 2.62. The second-order valence-corrected chi connectivity index (χ2v) is 5.46. The lowest BCUT2D eigenvalue weighted by molar-refractivity contribution is 0.463. The van der Waals surface area contributed by atoms with Crippen LogP contribution in [0.2, 0.25) is 0 Å². The van der Waals surface area contributed by atoms with E-state index in [9.17, 15) is 0 Å². The largest absolute Gasteiger partial charge is 0.383 e. The van der Waals surface area contributed by atoms with Crippen LogP contribution >= 0.6 is 0 Å². The molecule has 0 saturated heterocycles. The van der Waals surface area contributed by atoms with Crippen LogP contribution in [-0.2, 0) is 6.42 Å². The number of hydrogen-bond acceptors (Lipinski definition) is 3. The fraction of sp³-hybridized carbons (Fsp3) is 0.467. The first kappa shape index (κ1) is 12.2. The average molecular weight is 256 g/mol. The monoisotopic (exact) mass is 256 g/mol. The van der Waals surface area contributed by atoms with E-state index in [1.165, 1.54) is 25.7 Å². The van der Waals surface area contributed by atoms with E-state index in [-0.39, 0.29) is 0 Å². The minimum atomic E-state index is 0.599. The van der Waals surface area contributed by atoms with Crippen LogP contribution in [-0.4, -0.2) is 14.8 Å². The summed E-state index contributed by atoms with van der Waals surface area (Å²) in [6.45, 7) is 2.03. The van der Waals surface area contributed by atoms with E-state index >= 15 is 0 Å². The summed E-state index contributed by atoms with van der Waals surface area (Å²) in [5.74, 6) is 0.612. The van der Waals surface area contributed by atoms with Crippen molar-refractivity contribution in [1.82, 2.24) is 14.8 Å². The van der Waals surface area contributed by atoms with Gasteiger partial charge in [0.2, 0.25) is 0 Å². The molecule has 0 amide bonds. The Morgan fingerprint density at radius 2 is 2.16 bits per heavy atom. The molecule has 1 saturated carbocycles. The molecule has 100 valence electrons. The Hall–Kier alpha value is -1.84. The lowest BCUT2D eigenvalue weighted by atomic mass is 10.1. The van der Waals surface area contributed by atoms with E-state index in [2.05, 4.69) is 28.0 Å². The lowest BCUT2D eigenvalue weighted by Gasteiger charge is -2.09. The molecule has 1 aliphatic rings. The molecule has 0 aromatic carbocycles. The first-order valence-corrected chi connectivity index (χ1v) is 6.97. The van der Waals surface area contributed by atoms with Crippen LogP contribution in [0.3, 0.4) is 0 Å². The highest BCUT2D eigenvalue weighted by atomic mass is 15.3. The quantitative estimate of drug-likeness (QED) is 0.918. The van der Waals surface area contributed by atoms with Crippen molar-refractivity contribution in [2.75, 3.05) is 5.73 Å². The molecule has 2 heterocycles. The number of nitrogens with two attached hydrogens (primary N) is 1. The van der Waals surface area contributed by atoms with Gasteiger partial charge in [0.25, 0.3) is 0 Å². The van der Waals surface area contributed by atoms with Crippen molar-refractivity contribution in [3.05, 3.63) is 41.3 Å². The molecular formula is C15H20N4. The third-order valence-electron chi connectivity index (χ3n) is 3.87. The third-order valence-corrected chi connectivity index (χ3v) is 3.87.